The normalized spacial score (nSPS) is 11.5. The number of benzene rings is 1. The summed E-state index contributed by atoms with van der Waals surface area (Å²) in [6, 6.07) is 7.84. The molecule has 128 valence electrons. The highest BCUT2D eigenvalue weighted by molar-refractivity contribution is 5.90. The zero-order valence-corrected chi connectivity index (χ0v) is 13.7. The summed E-state index contributed by atoms with van der Waals surface area (Å²) in [4.78, 5) is 23.5. The number of hydrogen-bond donors (Lipinski definition) is 1. The Morgan fingerprint density at radius 1 is 1.21 bits per heavy atom. The molecule has 0 radical (unpaired) electrons. The third-order valence-corrected chi connectivity index (χ3v) is 3.29. The SMILES string of the molecule is COC(=O)c1ccc(OCC(=O)N[C@H](C)c2ccco2)c(OC)c1. The lowest BCUT2D eigenvalue weighted by molar-refractivity contribution is -0.123. The van der Waals surface area contributed by atoms with Crippen LogP contribution in [0.15, 0.2) is 41.0 Å². The number of hydrogen-bond acceptors (Lipinski definition) is 6. The van der Waals surface area contributed by atoms with Crippen LogP contribution in [0.4, 0.5) is 0 Å². The maximum Gasteiger partial charge on any atom is 0.337 e. The van der Waals surface area contributed by atoms with E-state index in [1.807, 2.05) is 6.92 Å². The molecule has 24 heavy (non-hydrogen) atoms. The van der Waals surface area contributed by atoms with Crippen molar-refractivity contribution < 1.29 is 28.2 Å². The predicted octanol–water partition coefficient (Wildman–Crippen LogP) is 2.33. The summed E-state index contributed by atoms with van der Waals surface area (Å²) >= 11 is 0. The largest absolute Gasteiger partial charge is 0.493 e. The molecule has 1 heterocycles. The molecule has 7 nitrogen and oxygen atoms in total. The van der Waals surface area contributed by atoms with Gasteiger partial charge in [0.1, 0.15) is 5.76 Å². The van der Waals surface area contributed by atoms with Gasteiger partial charge in [0.05, 0.1) is 32.1 Å². The summed E-state index contributed by atoms with van der Waals surface area (Å²) in [6.45, 7) is 1.61. The number of rotatable bonds is 7. The van der Waals surface area contributed by atoms with E-state index in [0.29, 0.717) is 22.8 Å². The van der Waals surface area contributed by atoms with Gasteiger partial charge in [-0.15, -0.1) is 0 Å². The van der Waals surface area contributed by atoms with Gasteiger partial charge in [0.15, 0.2) is 18.1 Å². The second-order valence-electron chi connectivity index (χ2n) is 4.95. The quantitative estimate of drug-likeness (QED) is 0.783. The first-order valence-corrected chi connectivity index (χ1v) is 7.27. The van der Waals surface area contributed by atoms with Gasteiger partial charge >= 0.3 is 5.97 Å². The summed E-state index contributed by atoms with van der Waals surface area (Å²) < 4.78 is 20.5. The van der Waals surface area contributed by atoms with E-state index in [9.17, 15) is 9.59 Å². The van der Waals surface area contributed by atoms with E-state index in [1.165, 1.54) is 26.4 Å². The standard InChI is InChI=1S/C17H19NO6/c1-11(13-5-4-8-23-13)18-16(19)10-24-14-7-6-12(17(20)22-3)9-15(14)21-2/h4-9,11H,10H2,1-3H3,(H,18,19)/t11-/m1/s1. The van der Waals surface area contributed by atoms with Crippen LogP contribution in [-0.2, 0) is 9.53 Å². The van der Waals surface area contributed by atoms with E-state index in [0.717, 1.165) is 0 Å². The number of furan rings is 1. The average molecular weight is 333 g/mol. The summed E-state index contributed by atoms with van der Waals surface area (Å²) in [5, 5.41) is 2.76. The minimum absolute atomic E-state index is 0.195. The van der Waals surface area contributed by atoms with Gasteiger partial charge < -0.3 is 23.9 Å². The maximum atomic E-state index is 12.0. The zero-order valence-electron chi connectivity index (χ0n) is 13.7. The van der Waals surface area contributed by atoms with Crippen LogP contribution < -0.4 is 14.8 Å². The van der Waals surface area contributed by atoms with E-state index in [2.05, 4.69) is 10.1 Å². The number of nitrogens with one attached hydrogen (secondary N) is 1. The second-order valence-corrected chi connectivity index (χ2v) is 4.95. The van der Waals surface area contributed by atoms with Crippen LogP contribution in [0, 0.1) is 0 Å². The Hall–Kier alpha value is -2.96. The molecule has 0 bridgehead atoms. The highest BCUT2D eigenvalue weighted by Gasteiger charge is 2.15. The fourth-order valence-corrected chi connectivity index (χ4v) is 2.07. The molecular formula is C17H19NO6. The lowest BCUT2D eigenvalue weighted by Crippen LogP contribution is -2.31. The number of esters is 1. The fraction of sp³-hybridized carbons (Fsp3) is 0.294. The Balaban J connectivity index is 1.95. The van der Waals surface area contributed by atoms with E-state index in [1.54, 1.807) is 24.5 Å². The first-order valence-electron chi connectivity index (χ1n) is 7.27. The molecule has 0 spiro atoms. The lowest BCUT2D eigenvalue weighted by atomic mass is 10.2. The van der Waals surface area contributed by atoms with Gasteiger partial charge in [-0.3, -0.25) is 4.79 Å². The van der Waals surface area contributed by atoms with Crippen molar-refractivity contribution in [3.63, 3.8) is 0 Å². The molecule has 0 fully saturated rings. The third-order valence-electron chi connectivity index (χ3n) is 3.29. The average Bonchev–Trinajstić information content (AvgIpc) is 3.13. The Kier molecular flexibility index (Phi) is 5.83. The summed E-state index contributed by atoms with van der Waals surface area (Å²) in [6.07, 6.45) is 1.54. The number of carbonyl (C=O) groups is 2. The Bertz CT molecular complexity index is 695. The predicted molar refractivity (Wildman–Crippen MR) is 85.1 cm³/mol. The van der Waals surface area contributed by atoms with Crippen LogP contribution in [0.1, 0.15) is 29.1 Å². The molecule has 1 aromatic heterocycles. The van der Waals surface area contributed by atoms with Crippen molar-refractivity contribution in [3.8, 4) is 11.5 Å². The molecule has 0 aliphatic rings. The topological polar surface area (TPSA) is 87.0 Å². The van der Waals surface area contributed by atoms with Crippen LogP contribution in [-0.4, -0.2) is 32.7 Å². The van der Waals surface area contributed by atoms with Crippen LogP contribution in [0.5, 0.6) is 11.5 Å². The highest BCUT2D eigenvalue weighted by atomic mass is 16.5. The Labute approximate surface area is 139 Å². The number of ether oxygens (including phenoxy) is 3. The van der Waals surface area contributed by atoms with Crippen LogP contribution in [0.2, 0.25) is 0 Å². The maximum absolute atomic E-state index is 12.0. The first kappa shape index (κ1) is 17.4. The van der Waals surface area contributed by atoms with Crippen LogP contribution >= 0.6 is 0 Å². The van der Waals surface area contributed by atoms with Crippen LogP contribution in [0.25, 0.3) is 0 Å². The molecule has 0 aliphatic heterocycles. The van der Waals surface area contributed by atoms with Crippen molar-refractivity contribution in [3.05, 3.63) is 47.9 Å². The van der Waals surface area contributed by atoms with Crippen molar-refractivity contribution in [1.82, 2.24) is 5.32 Å². The number of carbonyl (C=O) groups excluding carboxylic acids is 2. The van der Waals surface area contributed by atoms with E-state index < -0.39 is 5.97 Å². The van der Waals surface area contributed by atoms with E-state index in [-0.39, 0.29) is 18.6 Å². The molecule has 0 saturated carbocycles. The molecule has 2 aromatic rings. The van der Waals surface area contributed by atoms with Gasteiger partial charge in [0.2, 0.25) is 0 Å². The summed E-state index contributed by atoms with van der Waals surface area (Å²) in [5.74, 6) is 0.557. The highest BCUT2D eigenvalue weighted by Crippen LogP contribution is 2.28. The first-order chi connectivity index (χ1) is 11.5. The Morgan fingerprint density at radius 3 is 2.62 bits per heavy atom. The number of amides is 1. The van der Waals surface area contributed by atoms with Crippen molar-refractivity contribution in [2.75, 3.05) is 20.8 Å². The molecule has 1 amide bonds. The monoisotopic (exact) mass is 333 g/mol. The van der Waals surface area contributed by atoms with Crippen LogP contribution in [0.3, 0.4) is 0 Å². The zero-order chi connectivity index (χ0) is 17.5. The Morgan fingerprint density at radius 2 is 2.00 bits per heavy atom. The molecule has 0 saturated heterocycles. The van der Waals surface area contributed by atoms with Crippen molar-refractivity contribution in [1.29, 1.82) is 0 Å². The molecule has 0 unspecified atom stereocenters. The van der Waals surface area contributed by atoms with E-state index in [4.69, 9.17) is 13.9 Å². The third kappa shape index (κ3) is 4.28. The molecular weight excluding hydrogens is 314 g/mol. The smallest absolute Gasteiger partial charge is 0.337 e. The second kappa shape index (κ2) is 8.05. The summed E-state index contributed by atoms with van der Waals surface area (Å²) in [5.41, 5.74) is 0.331. The van der Waals surface area contributed by atoms with Crippen molar-refractivity contribution in [2.24, 2.45) is 0 Å². The van der Waals surface area contributed by atoms with Gasteiger partial charge in [-0.25, -0.2) is 4.79 Å². The minimum atomic E-state index is -0.482. The van der Waals surface area contributed by atoms with Gasteiger partial charge in [-0.2, -0.15) is 0 Å². The summed E-state index contributed by atoms with van der Waals surface area (Å²) in [7, 11) is 2.74. The van der Waals surface area contributed by atoms with Gasteiger partial charge in [0, 0.05) is 0 Å². The number of methoxy groups -OCH3 is 2. The molecule has 7 heteroatoms. The molecule has 0 aliphatic carbocycles. The molecule has 1 aromatic carbocycles. The molecule has 1 N–H and O–H groups in total. The minimum Gasteiger partial charge on any atom is -0.493 e. The van der Waals surface area contributed by atoms with E-state index >= 15 is 0 Å². The van der Waals surface area contributed by atoms with Gasteiger partial charge in [-0.1, -0.05) is 0 Å². The van der Waals surface area contributed by atoms with Gasteiger partial charge in [0.25, 0.3) is 5.91 Å². The molecule has 2 rings (SSSR count). The lowest BCUT2D eigenvalue weighted by Gasteiger charge is -2.14. The van der Waals surface area contributed by atoms with Crippen molar-refractivity contribution in [2.45, 2.75) is 13.0 Å². The van der Waals surface area contributed by atoms with Crippen molar-refractivity contribution >= 4 is 11.9 Å². The fourth-order valence-electron chi connectivity index (χ4n) is 2.07. The van der Waals surface area contributed by atoms with Gasteiger partial charge in [-0.05, 0) is 37.3 Å². The molecule has 1 atom stereocenters.